The average Bonchev–Trinajstić information content (AvgIpc) is 2.49. The molecule has 0 aromatic rings. The molecule has 1 saturated heterocycles. The van der Waals surface area contributed by atoms with E-state index in [9.17, 15) is 8.42 Å². The Morgan fingerprint density at radius 2 is 1.68 bits per heavy atom. The molecule has 1 heterocycles. The summed E-state index contributed by atoms with van der Waals surface area (Å²) in [5, 5.41) is 6.65. The van der Waals surface area contributed by atoms with Gasteiger partial charge in [-0.1, -0.05) is 6.42 Å². The third-order valence-corrected chi connectivity index (χ3v) is 5.26. The van der Waals surface area contributed by atoms with E-state index in [4.69, 9.17) is 0 Å². The van der Waals surface area contributed by atoms with Gasteiger partial charge in [-0.05, 0) is 60.5 Å². The number of piperidine rings is 1. The molecule has 1 rings (SSSR count). The fraction of sp³-hybridized carbons (Fsp3) is 0.941. The smallest absolute Gasteiger partial charge is 0.209 e. The van der Waals surface area contributed by atoms with Gasteiger partial charge in [0.25, 0.3) is 0 Å². The highest BCUT2D eigenvalue weighted by atomic mass is 32.2. The van der Waals surface area contributed by atoms with E-state index < -0.39 is 15.6 Å². The third kappa shape index (κ3) is 8.87. The van der Waals surface area contributed by atoms with Crippen molar-refractivity contribution in [3.63, 3.8) is 0 Å². The van der Waals surface area contributed by atoms with Crippen molar-refractivity contribution in [2.75, 3.05) is 39.0 Å². The van der Waals surface area contributed by atoms with Gasteiger partial charge in [0.05, 0.1) is 12.8 Å². The summed E-state index contributed by atoms with van der Waals surface area (Å²) < 4.78 is 25.5. The van der Waals surface area contributed by atoms with E-state index >= 15 is 0 Å². The number of hydrogen-bond acceptors (Lipinski definition) is 4. The summed E-state index contributed by atoms with van der Waals surface area (Å²) in [7, 11) is -3.26. The van der Waals surface area contributed by atoms with Gasteiger partial charge in [-0.2, -0.15) is 0 Å². The molecular weight excluding hydrogens is 338 g/mol. The zero-order chi connectivity index (χ0) is 19.1. The third-order valence-electron chi connectivity index (χ3n) is 4.34. The van der Waals surface area contributed by atoms with Crippen LogP contribution >= 0.6 is 0 Å². The van der Waals surface area contributed by atoms with E-state index in [1.165, 1.54) is 25.5 Å². The lowest BCUT2D eigenvalue weighted by atomic mass is 9.98. The topological polar surface area (TPSA) is 85.8 Å². The molecule has 0 radical (unpaired) electrons. The Hall–Kier alpha value is -0.860. The van der Waals surface area contributed by atoms with Crippen molar-refractivity contribution in [2.45, 2.75) is 65.0 Å². The van der Waals surface area contributed by atoms with Gasteiger partial charge in [-0.25, -0.2) is 13.1 Å². The fourth-order valence-corrected chi connectivity index (χ4v) is 4.13. The molecule has 7 nitrogen and oxygen atoms in total. The van der Waals surface area contributed by atoms with E-state index in [0.717, 1.165) is 32.1 Å². The Bertz CT molecular complexity index is 537. The highest BCUT2D eigenvalue weighted by Gasteiger charge is 2.28. The fourth-order valence-electron chi connectivity index (χ4n) is 3.06. The zero-order valence-corrected chi connectivity index (χ0v) is 17.6. The maximum atomic E-state index is 11.5. The summed E-state index contributed by atoms with van der Waals surface area (Å²) in [6.45, 7) is 14.4. The van der Waals surface area contributed by atoms with Crippen LogP contribution < -0.4 is 15.4 Å². The van der Waals surface area contributed by atoms with Gasteiger partial charge in [-0.3, -0.25) is 9.89 Å². The van der Waals surface area contributed by atoms with Gasteiger partial charge in [0.2, 0.25) is 10.0 Å². The van der Waals surface area contributed by atoms with E-state index in [-0.39, 0.29) is 5.54 Å². The summed E-state index contributed by atoms with van der Waals surface area (Å²) in [6.07, 6.45) is 5.03. The molecule has 3 N–H and O–H groups in total. The molecule has 25 heavy (non-hydrogen) atoms. The van der Waals surface area contributed by atoms with E-state index in [1.54, 1.807) is 0 Å². The average molecular weight is 376 g/mol. The molecule has 1 fully saturated rings. The predicted octanol–water partition coefficient (Wildman–Crippen LogP) is 1.13. The molecule has 1 aliphatic rings. The van der Waals surface area contributed by atoms with Crippen molar-refractivity contribution in [3.8, 4) is 0 Å². The molecule has 0 aromatic carbocycles. The number of nitrogens with one attached hydrogen (secondary N) is 3. The number of rotatable bonds is 8. The summed E-state index contributed by atoms with van der Waals surface area (Å²) in [6, 6.07) is 0. The number of likely N-dealkylation sites (tertiary alicyclic amines) is 1. The SMILES string of the molecule is CCNC(=NCC(C)(C)NS(C)(=O)=O)NCC(C)(C)N1CCCCC1. The van der Waals surface area contributed by atoms with Crippen LogP contribution in [-0.4, -0.2) is 69.3 Å². The molecule has 0 amide bonds. The van der Waals surface area contributed by atoms with Crippen LogP contribution in [0, 0.1) is 0 Å². The molecule has 0 aromatic heterocycles. The standard InChI is InChI=1S/C17H37N5O2S/c1-7-18-15(19-13-16(2,3)21-25(6,23)24)20-14-17(4,5)22-11-9-8-10-12-22/h21H,7-14H2,1-6H3,(H2,18,19,20). The van der Waals surface area contributed by atoms with Crippen LogP contribution in [0.25, 0.3) is 0 Å². The van der Waals surface area contributed by atoms with Gasteiger partial charge in [0, 0.05) is 24.2 Å². The minimum absolute atomic E-state index is 0.0527. The lowest BCUT2D eigenvalue weighted by molar-refractivity contribution is 0.0982. The van der Waals surface area contributed by atoms with Crippen LogP contribution in [0.15, 0.2) is 4.99 Å². The first-order valence-corrected chi connectivity index (χ1v) is 11.1. The van der Waals surface area contributed by atoms with Crippen LogP contribution in [0.2, 0.25) is 0 Å². The maximum absolute atomic E-state index is 11.5. The Morgan fingerprint density at radius 1 is 1.08 bits per heavy atom. The van der Waals surface area contributed by atoms with Gasteiger partial charge >= 0.3 is 0 Å². The van der Waals surface area contributed by atoms with Crippen LogP contribution in [0.5, 0.6) is 0 Å². The van der Waals surface area contributed by atoms with E-state index in [2.05, 4.69) is 39.1 Å². The van der Waals surface area contributed by atoms with Crippen molar-refractivity contribution in [1.29, 1.82) is 0 Å². The molecule has 0 aliphatic carbocycles. The van der Waals surface area contributed by atoms with Crippen molar-refractivity contribution < 1.29 is 8.42 Å². The maximum Gasteiger partial charge on any atom is 0.209 e. The second-order valence-corrected chi connectivity index (χ2v) is 9.92. The molecule has 0 unspecified atom stereocenters. The summed E-state index contributed by atoms with van der Waals surface area (Å²) in [5.41, 5.74) is -0.574. The van der Waals surface area contributed by atoms with Crippen LogP contribution in [0.4, 0.5) is 0 Å². The first kappa shape index (κ1) is 22.2. The lowest BCUT2D eigenvalue weighted by Gasteiger charge is -2.41. The molecule has 148 valence electrons. The zero-order valence-electron chi connectivity index (χ0n) is 16.8. The number of aliphatic imine (C=N–C) groups is 1. The second-order valence-electron chi connectivity index (χ2n) is 8.17. The molecular formula is C17H37N5O2S. The van der Waals surface area contributed by atoms with Crippen molar-refractivity contribution in [3.05, 3.63) is 0 Å². The number of sulfonamides is 1. The minimum atomic E-state index is -3.26. The number of hydrogen-bond donors (Lipinski definition) is 3. The molecule has 0 saturated carbocycles. The minimum Gasteiger partial charge on any atom is -0.357 e. The second kappa shape index (κ2) is 9.19. The molecule has 0 bridgehead atoms. The van der Waals surface area contributed by atoms with Crippen molar-refractivity contribution in [2.24, 2.45) is 4.99 Å². The lowest BCUT2D eigenvalue weighted by Crippen LogP contribution is -2.55. The molecule has 0 atom stereocenters. The van der Waals surface area contributed by atoms with Crippen LogP contribution in [-0.2, 0) is 10.0 Å². The highest BCUT2D eigenvalue weighted by Crippen LogP contribution is 2.19. The largest absolute Gasteiger partial charge is 0.357 e. The highest BCUT2D eigenvalue weighted by molar-refractivity contribution is 7.88. The summed E-state index contributed by atoms with van der Waals surface area (Å²) >= 11 is 0. The van der Waals surface area contributed by atoms with Gasteiger partial charge in [0.15, 0.2) is 5.96 Å². The van der Waals surface area contributed by atoms with Crippen molar-refractivity contribution in [1.82, 2.24) is 20.3 Å². The Morgan fingerprint density at radius 3 is 2.20 bits per heavy atom. The monoisotopic (exact) mass is 375 g/mol. The Balaban J connectivity index is 2.66. The van der Waals surface area contributed by atoms with E-state index in [1.807, 2.05) is 20.8 Å². The van der Waals surface area contributed by atoms with Crippen LogP contribution in [0.1, 0.15) is 53.9 Å². The first-order valence-electron chi connectivity index (χ1n) is 9.21. The predicted molar refractivity (Wildman–Crippen MR) is 106 cm³/mol. The van der Waals surface area contributed by atoms with Crippen LogP contribution in [0.3, 0.4) is 0 Å². The first-order chi connectivity index (χ1) is 11.5. The number of guanidine groups is 1. The normalized spacial score (nSPS) is 18.2. The van der Waals surface area contributed by atoms with Gasteiger partial charge in [-0.15, -0.1) is 0 Å². The number of nitrogens with zero attached hydrogens (tertiary/aromatic N) is 2. The summed E-state index contributed by atoms with van der Waals surface area (Å²) in [5.74, 6) is 0.718. The molecule has 1 aliphatic heterocycles. The van der Waals surface area contributed by atoms with Gasteiger partial charge < -0.3 is 10.6 Å². The molecule has 0 spiro atoms. The van der Waals surface area contributed by atoms with Crippen molar-refractivity contribution >= 4 is 16.0 Å². The van der Waals surface area contributed by atoms with Gasteiger partial charge in [0.1, 0.15) is 0 Å². The Labute approximate surface area is 154 Å². The quantitative estimate of drug-likeness (QED) is 0.437. The molecule has 8 heteroatoms. The summed E-state index contributed by atoms with van der Waals surface area (Å²) in [4.78, 5) is 7.10. The van der Waals surface area contributed by atoms with E-state index in [0.29, 0.717) is 6.54 Å². The Kier molecular flexibility index (Phi) is 8.15.